The molecule has 6 heteroatoms. The van der Waals surface area contributed by atoms with Crippen LogP contribution in [0.15, 0.2) is 22.8 Å². The van der Waals surface area contributed by atoms with Crippen molar-refractivity contribution >= 4 is 11.9 Å². The first-order valence-electron chi connectivity index (χ1n) is 5.87. The maximum absolute atomic E-state index is 11.4. The molecule has 18 heavy (non-hydrogen) atoms. The minimum atomic E-state index is -0.263. The van der Waals surface area contributed by atoms with Gasteiger partial charge in [-0.15, -0.1) is 0 Å². The van der Waals surface area contributed by atoms with Crippen LogP contribution in [0.2, 0.25) is 0 Å². The Balaban J connectivity index is 2.01. The summed E-state index contributed by atoms with van der Waals surface area (Å²) in [7, 11) is 0. The lowest BCUT2D eigenvalue weighted by Crippen LogP contribution is -2.34. The number of furan rings is 1. The molecule has 0 saturated heterocycles. The van der Waals surface area contributed by atoms with Crippen molar-refractivity contribution in [3.8, 4) is 0 Å². The van der Waals surface area contributed by atoms with Crippen LogP contribution in [0.4, 0.5) is 0 Å². The molecule has 1 aromatic heterocycles. The summed E-state index contributed by atoms with van der Waals surface area (Å²) in [4.78, 5) is 22.4. The molecule has 0 unspecified atom stereocenters. The van der Waals surface area contributed by atoms with E-state index in [0.29, 0.717) is 25.5 Å². The second-order valence-corrected chi connectivity index (χ2v) is 3.59. The van der Waals surface area contributed by atoms with Gasteiger partial charge in [-0.1, -0.05) is 0 Å². The van der Waals surface area contributed by atoms with Crippen LogP contribution < -0.4 is 10.6 Å². The SMILES string of the molecule is CCOC(=O)CCNCC(=O)NCc1ccco1. The maximum Gasteiger partial charge on any atom is 0.307 e. The van der Waals surface area contributed by atoms with Gasteiger partial charge in [0.15, 0.2) is 0 Å². The van der Waals surface area contributed by atoms with Crippen LogP contribution in [0.25, 0.3) is 0 Å². The predicted molar refractivity (Wildman–Crippen MR) is 64.7 cm³/mol. The molecule has 0 spiro atoms. The second-order valence-electron chi connectivity index (χ2n) is 3.59. The summed E-state index contributed by atoms with van der Waals surface area (Å²) in [5.74, 6) is 0.297. The molecule has 0 bridgehead atoms. The van der Waals surface area contributed by atoms with Gasteiger partial charge in [-0.3, -0.25) is 9.59 Å². The Morgan fingerprint density at radius 2 is 2.28 bits per heavy atom. The number of hydrogen-bond acceptors (Lipinski definition) is 5. The number of ether oxygens (including phenoxy) is 1. The molecule has 100 valence electrons. The lowest BCUT2D eigenvalue weighted by Gasteiger charge is -2.05. The molecule has 6 nitrogen and oxygen atoms in total. The molecule has 0 aliphatic carbocycles. The molecule has 0 aliphatic heterocycles. The first-order chi connectivity index (χ1) is 8.72. The second kappa shape index (κ2) is 8.30. The molecular formula is C12H18N2O4. The normalized spacial score (nSPS) is 10.1. The third-order valence-electron chi connectivity index (χ3n) is 2.14. The van der Waals surface area contributed by atoms with Crippen molar-refractivity contribution in [3.05, 3.63) is 24.2 Å². The van der Waals surface area contributed by atoms with Gasteiger partial charge in [-0.2, -0.15) is 0 Å². The van der Waals surface area contributed by atoms with Crippen molar-refractivity contribution in [1.29, 1.82) is 0 Å². The molecule has 0 atom stereocenters. The van der Waals surface area contributed by atoms with E-state index in [1.165, 1.54) is 0 Å². The van der Waals surface area contributed by atoms with E-state index in [9.17, 15) is 9.59 Å². The molecule has 1 heterocycles. The van der Waals surface area contributed by atoms with Crippen LogP contribution in [-0.2, 0) is 20.9 Å². The van der Waals surface area contributed by atoms with Crippen molar-refractivity contribution in [2.75, 3.05) is 19.7 Å². The summed E-state index contributed by atoms with van der Waals surface area (Å²) in [6.07, 6.45) is 1.82. The van der Waals surface area contributed by atoms with Crippen LogP contribution in [0, 0.1) is 0 Å². The first-order valence-corrected chi connectivity index (χ1v) is 5.87. The van der Waals surface area contributed by atoms with E-state index in [1.54, 1.807) is 25.3 Å². The Bertz CT molecular complexity index is 362. The number of amides is 1. The van der Waals surface area contributed by atoms with E-state index < -0.39 is 0 Å². The maximum atomic E-state index is 11.4. The lowest BCUT2D eigenvalue weighted by molar-refractivity contribution is -0.143. The molecule has 0 aromatic carbocycles. The third-order valence-corrected chi connectivity index (χ3v) is 2.14. The van der Waals surface area contributed by atoms with Gasteiger partial charge in [0.2, 0.25) is 5.91 Å². The van der Waals surface area contributed by atoms with Gasteiger partial charge in [0.1, 0.15) is 5.76 Å². The lowest BCUT2D eigenvalue weighted by atomic mass is 10.4. The van der Waals surface area contributed by atoms with Crippen LogP contribution >= 0.6 is 0 Å². The highest BCUT2D eigenvalue weighted by Crippen LogP contribution is 1.97. The Hall–Kier alpha value is -1.82. The van der Waals surface area contributed by atoms with Gasteiger partial charge in [0, 0.05) is 6.54 Å². The Morgan fingerprint density at radius 3 is 2.94 bits per heavy atom. The number of hydrogen-bond donors (Lipinski definition) is 2. The molecular weight excluding hydrogens is 236 g/mol. The van der Waals surface area contributed by atoms with Gasteiger partial charge in [-0.25, -0.2) is 0 Å². The van der Waals surface area contributed by atoms with E-state index in [2.05, 4.69) is 10.6 Å². The average Bonchev–Trinajstić information content (AvgIpc) is 2.85. The van der Waals surface area contributed by atoms with Gasteiger partial charge >= 0.3 is 5.97 Å². The largest absolute Gasteiger partial charge is 0.467 e. The Kier molecular flexibility index (Phi) is 6.56. The van der Waals surface area contributed by atoms with Gasteiger partial charge in [0.05, 0.1) is 32.4 Å². The summed E-state index contributed by atoms with van der Waals surface area (Å²) in [6, 6.07) is 3.55. The number of carbonyl (C=O) groups is 2. The predicted octanol–water partition coefficient (Wildman–Crippen LogP) is 0.439. The summed E-state index contributed by atoms with van der Waals surface area (Å²) in [5, 5.41) is 5.55. The topological polar surface area (TPSA) is 80.6 Å². The minimum absolute atomic E-state index is 0.143. The molecule has 0 aliphatic rings. The van der Waals surface area contributed by atoms with Crippen molar-refractivity contribution in [2.24, 2.45) is 0 Å². The summed E-state index contributed by atoms with van der Waals surface area (Å²) in [5.41, 5.74) is 0. The zero-order valence-electron chi connectivity index (χ0n) is 10.4. The molecule has 1 amide bonds. The molecule has 1 aromatic rings. The van der Waals surface area contributed by atoms with E-state index in [-0.39, 0.29) is 24.8 Å². The number of esters is 1. The van der Waals surface area contributed by atoms with E-state index >= 15 is 0 Å². The Morgan fingerprint density at radius 1 is 1.44 bits per heavy atom. The highest BCUT2D eigenvalue weighted by atomic mass is 16.5. The smallest absolute Gasteiger partial charge is 0.307 e. The standard InChI is InChI=1S/C12H18N2O4/c1-2-17-12(16)5-6-13-9-11(15)14-8-10-4-3-7-18-10/h3-4,7,13H,2,5-6,8-9H2,1H3,(H,14,15). The summed E-state index contributed by atoms with van der Waals surface area (Å²) < 4.78 is 9.83. The van der Waals surface area contributed by atoms with Crippen molar-refractivity contribution in [2.45, 2.75) is 19.9 Å². The minimum Gasteiger partial charge on any atom is -0.467 e. The number of rotatable bonds is 8. The fraction of sp³-hybridized carbons (Fsp3) is 0.500. The molecule has 0 radical (unpaired) electrons. The highest BCUT2D eigenvalue weighted by Gasteiger charge is 2.04. The fourth-order valence-corrected chi connectivity index (χ4v) is 1.29. The van der Waals surface area contributed by atoms with Crippen LogP contribution in [-0.4, -0.2) is 31.6 Å². The number of nitrogens with one attached hydrogen (secondary N) is 2. The van der Waals surface area contributed by atoms with Crippen molar-refractivity contribution < 1.29 is 18.7 Å². The summed E-state index contributed by atoms with van der Waals surface area (Å²) in [6.45, 7) is 3.09. The van der Waals surface area contributed by atoms with Gasteiger partial charge in [0.25, 0.3) is 0 Å². The van der Waals surface area contributed by atoms with E-state index in [4.69, 9.17) is 9.15 Å². The summed E-state index contributed by atoms with van der Waals surface area (Å²) >= 11 is 0. The molecule has 0 saturated carbocycles. The van der Waals surface area contributed by atoms with Crippen LogP contribution in [0.1, 0.15) is 19.1 Å². The van der Waals surface area contributed by atoms with Gasteiger partial charge < -0.3 is 19.8 Å². The van der Waals surface area contributed by atoms with Crippen LogP contribution in [0.5, 0.6) is 0 Å². The first kappa shape index (κ1) is 14.2. The molecule has 0 fully saturated rings. The zero-order valence-corrected chi connectivity index (χ0v) is 10.4. The quantitative estimate of drug-likeness (QED) is 0.519. The highest BCUT2D eigenvalue weighted by molar-refractivity contribution is 5.78. The van der Waals surface area contributed by atoms with Crippen molar-refractivity contribution in [1.82, 2.24) is 10.6 Å². The zero-order chi connectivity index (χ0) is 13.2. The Labute approximate surface area is 106 Å². The molecule has 2 N–H and O–H groups in total. The third kappa shape index (κ3) is 6.05. The molecule has 1 rings (SSSR count). The fourth-order valence-electron chi connectivity index (χ4n) is 1.29. The van der Waals surface area contributed by atoms with E-state index in [1.807, 2.05) is 0 Å². The van der Waals surface area contributed by atoms with Crippen molar-refractivity contribution in [3.63, 3.8) is 0 Å². The average molecular weight is 254 g/mol. The van der Waals surface area contributed by atoms with E-state index in [0.717, 1.165) is 0 Å². The number of carbonyl (C=O) groups excluding carboxylic acids is 2. The van der Waals surface area contributed by atoms with Gasteiger partial charge in [-0.05, 0) is 19.1 Å². The monoisotopic (exact) mass is 254 g/mol. The van der Waals surface area contributed by atoms with Crippen LogP contribution in [0.3, 0.4) is 0 Å².